The van der Waals surface area contributed by atoms with Crippen LogP contribution in [0, 0.1) is 0 Å². The van der Waals surface area contributed by atoms with Crippen LogP contribution in [0.5, 0.6) is 0 Å². The fraction of sp³-hybridized carbons (Fsp3) is 0.846. The molecular formula is C13H26N2O4. The summed E-state index contributed by atoms with van der Waals surface area (Å²) in [6.45, 7) is 5.91. The minimum Gasteiger partial charge on any atom is -0.480 e. The Morgan fingerprint density at radius 1 is 1.26 bits per heavy atom. The maximum atomic E-state index is 11.3. The molecule has 0 spiro atoms. The Morgan fingerprint density at radius 2 is 1.84 bits per heavy atom. The summed E-state index contributed by atoms with van der Waals surface area (Å²) >= 11 is 0. The second kappa shape index (κ2) is 7.99. The van der Waals surface area contributed by atoms with E-state index in [2.05, 4.69) is 5.32 Å². The Hall–Kier alpha value is -1.30. The van der Waals surface area contributed by atoms with Crippen LogP contribution in [0.3, 0.4) is 0 Å². The molecule has 1 amide bonds. The van der Waals surface area contributed by atoms with E-state index in [0.717, 1.165) is 12.8 Å². The molecule has 0 saturated heterocycles. The summed E-state index contributed by atoms with van der Waals surface area (Å²) in [5.74, 6) is -0.815. The molecule has 0 heterocycles. The van der Waals surface area contributed by atoms with Crippen LogP contribution in [0.25, 0.3) is 0 Å². The molecule has 6 heteroatoms. The standard InChI is InChI=1S/C13H26N2O4/c1-13(2,3)19-12(18)14-9-7-6-8-10(11(16)17)15(4)5/h10H,6-9H2,1-5H3,(H,14,18)(H,16,17)/t10-/m0/s1. The molecule has 0 unspecified atom stereocenters. The van der Waals surface area contributed by atoms with Gasteiger partial charge >= 0.3 is 12.1 Å². The number of carbonyl (C=O) groups is 2. The van der Waals surface area contributed by atoms with Crippen molar-refractivity contribution in [1.29, 1.82) is 0 Å². The Morgan fingerprint density at radius 3 is 2.26 bits per heavy atom. The van der Waals surface area contributed by atoms with E-state index < -0.39 is 23.7 Å². The number of carboxylic acids is 1. The molecule has 0 bridgehead atoms. The molecule has 0 aliphatic rings. The summed E-state index contributed by atoms with van der Waals surface area (Å²) < 4.78 is 5.09. The molecule has 112 valence electrons. The molecule has 0 rings (SSSR count). The number of amides is 1. The molecule has 0 aromatic heterocycles. The smallest absolute Gasteiger partial charge is 0.407 e. The fourth-order valence-electron chi connectivity index (χ4n) is 1.57. The molecular weight excluding hydrogens is 248 g/mol. The third-order valence-electron chi connectivity index (χ3n) is 2.48. The van der Waals surface area contributed by atoms with Gasteiger partial charge in [-0.2, -0.15) is 0 Å². The number of aliphatic carboxylic acids is 1. The molecule has 0 aromatic rings. The van der Waals surface area contributed by atoms with Crippen molar-refractivity contribution in [3.05, 3.63) is 0 Å². The Kier molecular flexibility index (Phi) is 7.44. The van der Waals surface area contributed by atoms with Crippen LogP contribution < -0.4 is 5.32 Å². The van der Waals surface area contributed by atoms with E-state index in [1.165, 1.54) is 0 Å². The van der Waals surface area contributed by atoms with Crippen LogP contribution in [0.1, 0.15) is 40.0 Å². The summed E-state index contributed by atoms with van der Waals surface area (Å²) in [5, 5.41) is 11.6. The van der Waals surface area contributed by atoms with E-state index in [1.54, 1.807) is 39.8 Å². The van der Waals surface area contributed by atoms with Crippen LogP contribution >= 0.6 is 0 Å². The molecule has 0 aliphatic heterocycles. The zero-order chi connectivity index (χ0) is 15.1. The van der Waals surface area contributed by atoms with Crippen molar-refractivity contribution >= 4 is 12.1 Å². The normalized spacial score (nSPS) is 13.2. The number of ether oxygens (including phenoxy) is 1. The number of hydrogen-bond donors (Lipinski definition) is 2. The first-order chi connectivity index (χ1) is 8.63. The van der Waals surface area contributed by atoms with Gasteiger partial charge in [0, 0.05) is 6.54 Å². The highest BCUT2D eigenvalue weighted by Crippen LogP contribution is 2.07. The summed E-state index contributed by atoms with van der Waals surface area (Å²) in [7, 11) is 3.50. The highest BCUT2D eigenvalue weighted by molar-refractivity contribution is 5.73. The minimum absolute atomic E-state index is 0.435. The Bertz CT molecular complexity index is 298. The molecule has 0 fully saturated rings. The van der Waals surface area contributed by atoms with Crippen LogP contribution in [-0.2, 0) is 9.53 Å². The van der Waals surface area contributed by atoms with Crippen molar-refractivity contribution in [2.75, 3.05) is 20.6 Å². The number of unbranched alkanes of at least 4 members (excludes halogenated alkanes) is 1. The molecule has 0 aromatic carbocycles. The number of carbonyl (C=O) groups excluding carboxylic acids is 1. The summed E-state index contributed by atoms with van der Waals surface area (Å²) in [6.07, 6.45) is 1.61. The number of rotatable bonds is 7. The maximum absolute atomic E-state index is 11.3. The molecule has 0 radical (unpaired) electrons. The van der Waals surface area contributed by atoms with Crippen LogP contribution in [0.15, 0.2) is 0 Å². The van der Waals surface area contributed by atoms with Crippen LogP contribution in [0.2, 0.25) is 0 Å². The third kappa shape index (κ3) is 9.30. The van der Waals surface area contributed by atoms with Gasteiger partial charge in [-0.3, -0.25) is 9.69 Å². The average Bonchev–Trinajstić information content (AvgIpc) is 2.19. The van der Waals surface area contributed by atoms with E-state index in [1.807, 2.05) is 0 Å². The third-order valence-corrected chi connectivity index (χ3v) is 2.48. The first-order valence-electron chi connectivity index (χ1n) is 6.49. The topological polar surface area (TPSA) is 78.9 Å². The highest BCUT2D eigenvalue weighted by Gasteiger charge is 2.19. The average molecular weight is 274 g/mol. The summed E-state index contributed by atoms with van der Waals surface area (Å²) in [4.78, 5) is 24.0. The van der Waals surface area contributed by atoms with Crippen molar-refractivity contribution in [3.63, 3.8) is 0 Å². The molecule has 19 heavy (non-hydrogen) atoms. The monoisotopic (exact) mass is 274 g/mol. The van der Waals surface area contributed by atoms with Gasteiger partial charge in [-0.1, -0.05) is 0 Å². The quantitative estimate of drug-likeness (QED) is 0.691. The van der Waals surface area contributed by atoms with E-state index in [0.29, 0.717) is 13.0 Å². The second-order valence-corrected chi connectivity index (χ2v) is 5.74. The first-order valence-corrected chi connectivity index (χ1v) is 6.49. The lowest BCUT2D eigenvalue weighted by Gasteiger charge is -2.20. The number of likely N-dealkylation sites (N-methyl/N-ethyl adjacent to an activating group) is 1. The van der Waals surface area contributed by atoms with Crippen molar-refractivity contribution in [3.8, 4) is 0 Å². The summed E-state index contributed by atoms with van der Waals surface area (Å²) in [6, 6.07) is -0.471. The van der Waals surface area contributed by atoms with Gasteiger partial charge in [0.15, 0.2) is 0 Å². The van der Waals surface area contributed by atoms with Gasteiger partial charge in [0.1, 0.15) is 11.6 Å². The predicted molar refractivity (Wildman–Crippen MR) is 73.2 cm³/mol. The zero-order valence-electron chi connectivity index (χ0n) is 12.5. The van der Waals surface area contributed by atoms with Crippen LogP contribution in [-0.4, -0.2) is 54.4 Å². The van der Waals surface area contributed by atoms with Crippen molar-refractivity contribution < 1.29 is 19.4 Å². The van der Waals surface area contributed by atoms with Gasteiger partial charge < -0.3 is 15.2 Å². The second-order valence-electron chi connectivity index (χ2n) is 5.74. The largest absolute Gasteiger partial charge is 0.480 e. The van der Waals surface area contributed by atoms with E-state index in [-0.39, 0.29) is 0 Å². The highest BCUT2D eigenvalue weighted by atomic mass is 16.6. The zero-order valence-corrected chi connectivity index (χ0v) is 12.5. The van der Waals surface area contributed by atoms with Gasteiger partial charge in [0.2, 0.25) is 0 Å². The lowest BCUT2D eigenvalue weighted by atomic mass is 10.1. The first kappa shape index (κ1) is 17.7. The van der Waals surface area contributed by atoms with E-state index in [4.69, 9.17) is 9.84 Å². The Labute approximate surface area is 115 Å². The maximum Gasteiger partial charge on any atom is 0.407 e. The molecule has 0 saturated carbocycles. The van der Waals surface area contributed by atoms with Crippen molar-refractivity contribution in [2.24, 2.45) is 0 Å². The van der Waals surface area contributed by atoms with Gasteiger partial charge in [0.25, 0.3) is 0 Å². The lowest BCUT2D eigenvalue weighted by Crippen LogP contribution is -2.36. The lowest BCUT2D eigenvalue weighted by molar-refractivity contribution is -0.142. The van der Waals surface area contributed by atoms with Crippen molar-refractivity contribution in [2.45, 2.75) is 51.7 Å². The molecule has 6 nitrogen and oxygen atoms in total. The number of nitrogens with zero attached hydrogens (tertiary/aromatic N) is 1. The van der Waals surface area contributed by atoms with Gasteiger partial charge in [-0.05, 0) is 54.1 Å². The number of hydrogen-bond acceptors (Lipinski definition) is 4. The number of alkyl carbamates (subject to hydrolysis) is 1. The van der Waals surface area contributed by atoms with Gasteiger partial charge in [-0.25, -0.2) is 4.79 Å². The molecule has 1 atom stereocenters. The van der Waals surface area contributed by atoms with Crippen LogP contribution in [0.4, 0.5) is 4.79 Å². The minimum atomic E-state index is -0.815. The van der Waals surface area contributed by atoms with E-state index in [9.17, 15) is 9.59 Å². The fourth-order valence-corrected chi connectivity index (χ4v) is 1.57. The Balaban J connectivity index is 3.76. The van der Waals surface area contributed by atoms with E-state index >= 15 is 0 Å². The molecule has 0 aliphatic carbocycles. The van der Waals surface area contributed by atoms with Gasteiger partial charge in [0.05, 0.1) is 0 Å². The SMILES string of the molecule is CN(C)[C@@H](CCCCNC(=O)OC(C)(C)C)C(=O)O. The number of nitrogens with one attached hydrogen (secondary N) is 1. The van der Waals surface area contributed by atoms with Gasteiger partial charge in [-0.15, -0.1) is 0 Å². The van der Waals surface area contributed by atoms with Crippen molar-refractivity contribution in [1.82, 2.24) is 10.2 Å². The summed E-state index contributed by atoms with van der Waals surface area (Å²) in [5.41, 5.74) is -0.497. The predicted octanol–water partition coefficient (Wildman–Crippen LogP) is 1.70. The number of carboxylic acid groups (broad SMARTS) is 1. The molecule has 2 N–H and O–H groups in total.